The molecular weight excluding hydrogens is 625 g/mol. The number of fused-ring (bicyclic) bond motifs is 2. The Hall–Kier alpha value is -4.86. The van der Waals surface area contributed by atoms with Crippen LogP contribution < -0.4 is 9.47 Å². The molecule has 249 valence electrons. The molecule has 4 aromatic carbocycles. The normalized spacial score (nSPS) is 22.6. The van der Waals surface area contributed by atoms with Gasteiger partial charge < -0.3 is 9.47 Å². The Bertz CT molecular complexity index is 2090. The quantitative estimate of drug-likeness (QED) is 0.174. The van der Waals surface area contributed by atoms with Gasteiger partial charge in [-0.3, -0.25) is 0 Å². The van der Waals surface area contributed by atoms with Crippen LogP contribution in [0.5, 0.6) is 11.5 Å². The summed E-state index contributed by atoms with van der Waals surface area (Å²) in [4.78, 5) is 0. The van der Waals surface area contributed by atoms with Crippen LogP contribution >= 0.6 is 0 Å². The molecule has 4 aliphatic rings. The third kappa shape index (κ3) is 5.58. The maximum absolute atomic E-state index is 5.50. The molecule has 0 saturated carbocycles. The SMILES string of the molecule is CCC1=CC2=C(C=CC=CC2c2ccc3cc(OC)ccc3c2)C1[Si](C)C1C(CC)=CC2=C1C=CC=CC2c1ccc2cc(OC)ccc2c1. The summed E-state index contributed by atoms with van der Waals surface area (Å²) in [6.45, 7) is 7.33. The van der Waals surface area contributed by atoms with Crippen molar-refractivity contribution in [3.8, 4) is 11.5 Å². The fourth-order valence-corrected chi connectivity index (χ4v) is 12.4. The van der Waals surface area contributed by atoms with Crippen LogP contribution in [0.3, 0.4) is 0 Å². The number of benzene rings is 4. The molecule has 4 unspecified atom stereocenters. The largest absolute Gasteiger partial charge is 0.497 e. The number of rotatable bonds is 8. The first-order chi connectivity index (χ1) is 24.5. The van der Waals surface area contributed by atoms with Gasteiger partial charge in [0, 0.05) is 11.8 Å². The van der Waals surface area contributed by atoms with Gasteiger partial charge in [0.05, 0.1) is 23.0 Å². The van der Waals surface area contributed by atoms with Gasteiger partial charge in [-0.15, -0.1) is 0 Å². The van der Waals surface area contributed by atoms with Crippen LogP contribution in [0.2, 0.25) is 17.6 Å². The van der Waals surface area contributed by atoms with Crippen LogP contribution in [0.15, 0.2) is 167 Å². The van der Waals surface area contributed by atoms with Crippen molar-refractivity contribution in [2.75, 3.05) is 14.2 Å². The maximum atomic E-state index is 5.50. The lowest BCUT2D eigenvalue weighted by atomic mass is 9.88. The van der Waals surface area contributed by atoms with E-state index in [1.165, 1.54) is 55.0 Å². The topological polar surface area (TPSA) is 18.5 Å². The van der Waals surface area contributed by atoms with Crippen molar-refractivity contribution in [3.63, 3.8) is 0 Å². The van der Waals surface area contributed by atoms with Crippen molar-refractivity contribution in [2.24, 2.45) is 0 Å². The van der Waals surface area contributed by atoms with Crippen LogP contribution in [0.1, 0.15) is 49.7 Å². The van der Waals surface area contributed by atoms with E-state index in [1.807, 2.05) is 0 Å². The van der Waals surface area contributed by atoms with Gasteiger partial charge in [-0.1, -0.05) is 141 Å². The number of hydrogen-bond acceptors (Lipinski definition) is 2. The minimum absolute atomic E-state index is 0.228. The van der Waals surface area contributed by atoms with E-state index < -0.39 is 8.80 Å². The van der Waals surface area contributed by atoms with Gasteiger partial charge in [0.15, 0.2) is 0 Å². The minimum atomic E-state index is -0.966. The second-order valence-electron chi connectivity index (χ2n) is 14.0. The first kappa shape index (κ1) is 32.3. The van der Waals surface area contributed by atoms with Crippen molar-refractivity contribution in [3.05, 3.63) is 178 Å². The average Bonchev–Trinajstić information content (AvgIpc) is 3.54. The highest BCUT2D eigenvalue weighted by Gasteiger charge is 2.42. The first-order valence-corrected chi connectivity index (χ1v) is 20.2. The van der Waals surface area contributed by atoms with Crippen LogP contribution in [0, 0.1) is 0 Å². The average molecular weight is 670 g/mol. The summed E-state index contributed by atoms with van der Waals surface area (Å²) in [6, 6.07) is 26.7. The summed E-state index contributed by atoms with van der Waals surface area (Å²) in [7, 11) is 2.50. The molecule has 8 rings (SSSR count). The minimum Gasteiger partial charge on any atom is -0.497 e. The van der Waals surface area contributed by atoms with Crippen molar-refractivity contribution in [1.29, 1.82) is 0 Å². The number of allylic oxidation sites excluding steroid dienone is 16. The second-order valence-corrected chi connectivity index (χ2v) is 16.6. The molecular formula is C47H45O2Si. The monoisotopic (exact) mass is 669 g/mol. The van der Waals surface area contributed by atoms with Crippen molar-refractivity contribution < 1.29 is 9.47 Å². The summed E-state index contributed by atoms with van der Waals surface area (Å²) < 4.78 is 11.0. The second kappa shape index (κ2) is 13.5. The van der Waals surface area contributed by atoms with E-state index in [-0.39, 0.29) is 11.8 Å². The van der Waals surface area contributed by atoms with E-state index in [1.54, 1.807) is 25.4 Å². The molecule has 2 nitrogen and oxygen atoms in total. The Morgan fingerprint density at radius 2 is 0.940 bits per heavy atom. The molecule has 4 atom stereocenters. The lowest BCUT2D eigenvalue weighted by Gasteiger charge is -2.31. The molecule has 1 radical (unpaired) electrons. The fourth-order valence-electron chi connectivity index (χ4n) is 8.83. The van der Waals surface area contributed by atoms with E-state index in [0.29, 0.717) is 11.1 Å². The Morgan fingerprint density at radius 3 is 1.36 bits per heavy atom. The zero-order valence-corrected chi connectivity index (χ0v) is 30.7. The predicted octanol–water partition coefficient (Wildman–Crippen LogP) is 12.3. The number of methoxy groups -OCH3 is 2. The van der Waals surface area contributed by atoms with Gasteiger partial charge in [0.25, 0.3) is 0 Å². The molecule has 4 aromatic rings. The van der Waals surface area contributed by atoms with E-state index in [9.17, 15) is 0 Å². The molecule has 0 amide bonds. The van der Waals surface area contributed by atoms with E-state index in [4.69, 9.17) is 9.47 Å². The summed E-state index contributed by atoms with van der Waals surface area (Å²) in [5.74, 6) is 2.25. The Kier molecular flexibility index (Phi) is 8.70. The molecule has 0 fully saturated rings. The van der Waals surface area contributed by atoms with Crippen LogP contribution in [-0.2, 0) is 0 Å². The number of hydrogen-bond donors (Lipinski definition) is 0. The zero-order valence-electron chi connectivity index (χ0n) is 29.7. The molecule has 4 aliphatic carbocycles. The lowest BCUT2D eigenvalue weighted by Crippen LogP contribution is -2.26. The van der Waals surface area contributed by atoms with Gasteiger partial charge in [0.2, 0.25) is 0 Å². The Labute approximate surface area is 298 Å². The van der Waals surface area contributed by atoms with E-state index in [2.05, 4.69) is 154 Å². The molecule has 0 aliphatic heterocycles. The maximum Gasteiger partial charge on any atom is 0.119 e. The molecule has 0 saturated heterocycles. The molecule has 50 heavy (non-hydrogen) atoms. The zero-order chi connectivity index (χ0) is 34.4. The lowest BCUT2D eigenvalue weighted by molar-refractivity contribution is 0.415. The smallest absolute Gasteiger partial charge is 0.119 e. The van der Waals surface area contributed by atoms with E-state index in [0.717, 1.165) is 24.3 Å². The molecule has 0 N–H and O–H groups in total. The van der Waals surface area contributed by atoms with Gasteiger partial charge in [-0.25, -0.2) is 0 Å². The van der Waals surface area contributed by atoms with Crippen LogP contribution in [0.4, 0.5) is 0 Å². The van der Waals surface area contributed by atoms with Gasteiger partial charge in [-0.2, -0.15) is 0 Å². The molecule has 0 aromatic heterocycles. The number of ether oxygens (including phenoxy) is 2. The molecule has 0 bridgehead atoms. The summed E-state index contributed by atoms with van der Waals surface area (Å²) in [5.41, 5.74) is 12.9. The third-order valence-corrected chi connectivity index (χ3v) is 14.5. The van der Waals surface area contributed by atoms with Gasteiger partial charge >= 0.3 is 0 Å². The highest BCUT2D eigenvalue weighted by Crippen LogP contribution is 2.55. The molecule has 3 heteroatoms. The predicted molar refractivity (Wildman–Crippen MR) is 213 cm³/mol. The standard InChI is InChI=1S/C47H45O2Si/c1-6-30-28-44-40(36-18-16-34-26-38(48-3)22-20-32(34)24-36)12-8-10-14-42(44)46(30)50(5)47-31(7-2)29-45-41(13-9-11-15-43(45)47)37-19-17-35-27-39(49-4)23-21-33(35)25-37/h8-29,40-41,46-47H,6-7H2,1-5H3. The first-order valence-electron chi connectivity index (χ1n) is 18.1. The Morgan fingerprint density at radius 1 is 0.520 bits per heavy atom. The van der Waals surface area contributed by atoms with Gasteiger partial charge in [0.1, 0.15) is 11.5 Å². The van der Waals surface area contributed by atoms with Gasteiger partial charge in [-0.05, 0) is 103 Å². The van der Waals surface area contributed by atoms with Crippen molar-refractivity contribution >= 4 is 30.3 Å². The molecule has 0 heterocycles. The summed E-state index contributed by atoms with van der Waals surface area (Å²) >= 11 is 0. The Balaban J connectivity index is 1.17. The summed E-state index contributed by atoms with van der Waals surface area (Å²) in [5, 5.41) is 4.93. The highest BCUT2D eigenvalue weighted by atomic mass is 28.3. The van der Waals surface area contributed by atoms with Crippen molar-refractivity contribution in [2.45, 2.75) is 56.2 Å². The van der Waals surface area contributed by atoms with Crippen LogP contribution in [-0.4, -0.2) is 23.0 Å². The van der Waals surface area contributed by atoms with Crippen molar-refractivity contribution in [1.82, 2.24) is 0 Å². The van der Waals surface area contributed by atoms with Crippen LogP contribution in [0.25, 0.3) is 21.5 Å². The fraction of sp³-hybridized carbons (Fsp3) is 0.234. The molecule has 0 spiro atoms. The highest BCUT2D eigenvalue weighted by molar-refractivity contribution is 6.64. The third-order valence-electron chi connectivity index (χ3n) is 11.4. The summed E-state index contributed by atoms with van der Waals surface area (Å²) in [6.07, 6.45) is 26.1. The van der Waals surface area contributed by atoms with E-state index >= 15 is 0 Å².